The van der Waals surface area contributed by atoms with Crippen LogP contribution in [0.1, 0.15) is 54.4 Å². The van der Waals surface area contributed by atoms with Crippen molar-refractivity contribution >= 4 is 22.6 Å². The van der Waals surface area contributed by atoms with Crippen molar-refractivity contribution in [2.75, 3.05) is 0 Å². The quantitative estimate of drug-likeness (QED) is 0.535. The maximum Gasteiger partial charge on any atom is 0.306 e. The third-order valence-corrected chi connectivity index (χ3v) is 6.05. The number of aromatic nitrogens is 1. The van der Waals surface area contributed by atoms with Gasteiger partial charge in [0, 0.05) is 17.0 Å². The molecule has 1 aliphatic rings. The number of rotatable bonds is 5. The highest BCUT2D eigenvalue weighted by molar-refractivity contribution is 6.10. The minimum Gasteiger partial charge on any atom is -0.508 e. The lowest BCUT2D eigenvalue weighted by Crippen LogP contribution is -2.47. The molecule has 7 heteroatoms. The first-order chi connectivity index (χ1) is 15.2. The van der Waals surface area contributed by atoms with E-state index in [4.69, 9.17) is 10.1 Å². The molecule has 1 saturated carbocycles. The molecule has 1 aliphatic carbocycles. The van der Waals surface area contributed by atoms with Gasteiger partial charge in [-0.05, 0) is 72.5 Å². The predicted molar refractivity (Wildman–Crippen MR) is 119 cm³/mol. The van der Waals surface area contributed by atoms with E-state index in [0.717, 1.165) is 16.5 Å². The average Bonchev–Trinajstić information content (AvgIpc) is 2.70. The SMILES string of the molecule is Cc1cc(-c2c(C(C)C)nc(C(=O)N[C@H]3C[C@@H](C(=O)O)C3)c3cc(O)ccc23)ccc1F. The smallest absolute Gasteiger partial charge is 0.306 e. The molecule has 3 N–H and O–H groups in total. The maximum absolute atomic E-state index is 13.9. The van der Waals surface area contributed by atoms with E-state index in [9.17, 15) is 19.1 Å². The Morgan fingerprint density at radius 3 is 2.47 bits per heavy atom. The molecule has 1 aromatic heterocycles. The van der Waals surface area contributed by atoms with Crippen molar-refractivity contribution in [1.29, 1.82) is 0 Å². The van der Waals surface area contributed by atoms with Gasteiger partial charge in [-0.15, -0.1) is 0 Å². The Morgan fingerprint density at radius 1 is 1.12 bits per heavy atom. The molecule has 0 atom stereocenters. The lowest BCUT2D eigenvalue weighted by molar-refractivity contribution is -0.145. The number of amides is 1. The molecule has 0 unspecified atom stereocenters. The van der Waals surface area contributed by atoms with Crippen LogP contribution >= 0.6 is 0 Å². The largest absolute Gasteiger partial charge is 0.508 e. The highest BCUT2D eigenvalue weighted by Crippen LogP contribution is 2.38. The van der Waals surface area contributed by atoms with Crippen LogP contribution < -0.4 is 5.32 Å². The zero-order valence-corrected chi connectivity index (χ0v) is 18.1. The van der Waals surface area contributed by atoms with E-state index in [1.54, 1.807) is 31.2 Å². The van der Waals surface area contributed by atoms with E-state index >= 15 is 0 Å². The summed E-state index contributed by atoms with van der Waals surface area (Å²) in [5, 5.41) is 23.3. The van der Waals surface area contributed by atoms with Crippen molar-refractivity contribution in [2.24, 2.45) is 5.92 Å². The van der Waals surface area contributed by atoms with Crippen LogP contribution in [-0.2, 0) is 4.79 Å². The van der Waals surface area contributed by atoms with Crippen molar-refractivity contribution in [2.45, 2.75) is 45.6 Å². The summed E-state index contributed by atoms with van der Waals surface area (Å²) in [5.41, 5.74) is 2.96. The van der Waals surface area contributed by atoms with Gasteiger partial charge in [0.05, 0.1) is 11.6 Å². The molecule has 0 bridgehead atoms. The molecule has 3 aromatic rings. The molecule has 32 heavy (non-hydrogen) atoms. The molecular weight excluding hydrogens is 411 g/mol. The second-order valence-electron chi connectivity index (χ2n) is 8.75. The van der Waals surface area contributed by atoms with Crippen LogP contribution in [0, 0.1) is 18.7 Å². The summed E-state index contributed by atoms with van der Waals surface area (Å²) >= 11 is 0. The van der Waals surface area contributed by atoms with Gasteiger partial charge in [0.15, 0.2) is 0 Å². The number of carboxylic acid groups (broad SMARTS) is 1. The van der Waals surface area contributed by atoms with Crippen LogP contribution in [0.4, 0.5) is 4.39 Å². The highest BCUT2D eigenvalue weighted by atomic mass is 19.1. The Kier molecular flexibility index (Phi) is 5.59. The normalized spacial score (nSPS) is 17.9. The van der Waals surface area contributed by atoms with E-state index in [2.05, 4.69) is 5.32 Å². The topological polar surface area (TPSA) is 99.5 Å². The lowest BCUT2D eigenvalue weighted by atomic mass is 9.80. The number of halogens is 1. The number of aromatic hydroxyl groups is 1. The van der Waals surface area contributed by atoms with E-state index in [1.807, 2.05) is 13.8 Å². The molecule has 0 aliphatic heterocycles. The Labute approximate surface area is 185 Å². The molecule has 0 saturated heterocycles. The van der Waals surface area contributed by atoms with Crippen LogP contribution in [0.3, 0.4) is 0 Å². The van der Waals surface area contributed by atoms with Crippen LogP contribution in [0.2, 0.25) is 0 Å². The number of phenolic OH excluding ortho intramolecular Hbond substituents is 1. The van der Waals surface area contributed by atoms with Gasteiger partial charge in [0.25, 0.3) is 5.91 Å². The molecule has 4 rings (SSSR count). The second-order valence-corrected chi connectivity index (χ2v) is 8.75. The third kappa shape index (κ3) is 3.90. The van der Waals surface area contributed by atoms with Gasteiger partial charge in [-0.25, -0.2) is 9.37 Å². The van der Waals surface area contributed by atoms with E-state index < -0.39 is 17.8 Å². The summed E-state index contributed by atoms with van der Waals surface area (Å²) in [7, 11) is 0. The number of aryl methyl sites for hydroxylation is 1. The van der Waals surface area contributed by atoms with Crippen LogP contribution in [0.15, 0.2) is 36.4 Å². The monoisotopic (exact) mass is 436 g/mol. The predicted octanol–water partition coefficient (Wildman–Crippen LogP) is 4.77. The van der Waals surface area contributed by atoms with Crippen LogP contribution in [0.5, 0.6) is 5.75 Å². The molecule has 1 amide bonds. The Hall–Kier alpha value is -3.48. The number of benzene rings is 2. The maximum atomic E-state index is 13.9. The molecule has 1 heterocycles. The Bertz CT molecular complexity index is 1230. The fourth-order valence-corrected chi connectivity index (χ4v) is 4.21. The van der Waals surface area contributed by atoms with Crippen molar-refractivity contribution < 1.29 is 24.2 Å². The summed E-state index contributed by atoms with van der Waals surface area (Å²) in [4.78, 5) is 28.9. The van der Waals surface area contributed by atoms with Gasteiger partial charge in [-0.2, -0.15) is 0 Å². The molecule has 2 aromatic carbocycles. The molecule has 0 radical (unpaired) electrons. The number of carbonyl (C=O) groups excluding carboxylic acids is 1. The number of pyridine rings is 1. The first-order valence-electron chi connectivity index (χ1n) is 10.6. The van der Waals surface area contributed by atoms with Gasteiger partial charge >= 0.3 is 5.97 Å². The number of aliphatic carboxylic acids is 1. The fraction of sp³-hybridized carbons (Fsp3) is 0.320. The van der Waals surface area contributed by atoms with Crippen LogP contribution in [0.25, 0.3) is 21.9 Å². The van der Waals surface area contributed by atoms with Gasteiger partial charge in [-0.1, -0.05) is 19.9 Å². The molecule has 0 spiro atoms. The molecule has 1 fully saturated rings. The van der Waals surface area contributed by atoms with E-state index in [0.29, 0.717) is 29.5 Å². The number of fused-ring (bicyclic) bond motifs is 1. The number of hydrogen-bond donors (Lipinski definition) is 3. The summed E-state index contributed by atoms with van der Waals surface area (Å²) in [6, 6.07) is 9.44. The van der Waals surface area contributed by atoms with E-state index in [-0.39, 0.29) is 29.2 Å². The van der Waals surface area contributed by atoms with Crippen LogP contribution in [-0.4, -0.2) is 33.1 Å². The first-order valence-corrected chi connectivity index (χ1v) is 10.6. The summed E-state index contributed by atoms with van der Waals surface area (Å²) < 4.78 is 13.9. The summed E-state index contributed by atoms with van der Waals surface area (Å²) in [5.74, 6) is -2.03. The fourth-order valence-electron chi connectivity index (χ4n) is 4.21. The Balaban J connectivity index is 1.84. The second kappa shape index (κ2) is 8.22. The van der Waals surface area contributed by atoms with Crippen molar-refractivity contribution in [3.8, 4) is 16.9 Å². The lowest BCUT2D eigenvalue weighted by Gasteiger charge is -2.32. The molecular formula is C25H25FN2O4. The van der Waals surface area contributed by atoms with Gasteiger partial charge in [0.2, 0.25) is 0 Å². The Morgan fingerprint density at radius 2 is 1.84 bits per heavy atom. The van der Waals surface area contributed by atoms with Gasteiger partial charge in [-0.3, -0.25) is 9.59 Å². The number of nitrogens with zero attached hydrogens (tertiary/aromatic N) is 1. The minimum absolute atomic E-state index is 0.00136. The number of carboxylic acids is 1. The molecule has 6 nitrogen and oxygen atoms in total. The first kappa shape index (κ1) is 21.7. The number of phenols is 1. The zero-order valence-electron chi connectivity index (χ0n) is 18.1. The van der Waals surface area contributed by atoms with Gasteiger partial charge < -0.3 is 15.5 Å². The standard InChI is InChI=1S/C25H25FN2O4/c1-12(2)22-21(14-4-7-20(26)13(3)8-14)18-6-5-17(29)11-19(18)23(28-22)24(30)27-16-9-15(10-16)25(31)32/h4-8,11-12,15-16,29H,9-10H2,1-3H3,(H,27,30)(H,31,32)/t15-,16+. The van der Waals surface area contributed by atoms with Crippen molar-refractivity contribution in [1.82, 2.24) is 10.3 Å². The minimum atomic E-state index is -0.856. The number of hydrogen-bond acceptors (Lipinski definition) is 4. The zero-order chi connectivity index (χ0) is 23.2. The van der Waals surface area contributed by atoms with E-state index in [1.165, 1.54) is 12.1 Å². The number of carbonyl (C=O) groups is 2. The van der Waals surface area contributed by atoms with Gasteiger partial charge in [0.1, 0.15) is 17.3 Å². The third-order valence-electron chi connectivity index (χ3n) is 6.05. The van der Waals surface area contributed by atoms with Crippen molar-refractivity contribution in [3.05, 3.63) is 59.2 Å². The summed E-state index contributed by atoms with van der Waals surface area (Å²) in [6.45, 7) is 5.64. The summed E-state index contributed by atoms with van der Waals surface area (Å²) in [6.07, 6.45) is 0.766. The average molecular weight is 436 g/mol. The molecule has 166 valence electrons. The van der Waals surface area contributed by atoms with Crippen molar-refractivity contribution in [3.63, 3.8) is 0 Å². The highest BCUT2D eigenvalue weighted by Gasteiger charge is 2.36. The number of nitrogens with one attached hydrogen (secondary N) is 1.